The number of hydrogen-bond acceptors (Lipinski definition) is 3. The van der Waals surface area contributed by atoms with Crippen LogP contribution in [0.1, 0.15) is 31.9 Å². The molecule has 4 heteroatoms. The lowest BCUT2D eigenvalue weighted by Gasteiger charge is -2.26. The zero-order chi connectivity index (χ0) is 14.7. The summed E-state index contributed by atoms with van der Waals surface area (Å²) >= 11 is 0. The van der Waals surface area contributed by atoms with Gasteiger partial charge >= 0.3 is 0 Å². The molecule has 1 saturated heterocycles. The van der Waals surface area contributed by atoms with Gasteiger partial charge in [-0.25, -0.2) is 0 Å². The smallest absolute Gasteiger partial charge is 0.0843 e. The standard InChI is InChI=1S/C17H26N4/c1-3-21-17-9-5-4-8-15(17)16(19-21)13-20(2)14-7-6-11-18-12-10-14/h4-5,8-9,14,18H,3,6-7,10-13H2,1-2H3. The Kier molecular flexibility index (Phi) is 4.56. The van der Waals surface area contributed by atoms with Gasteiger partial charge in [0.05, 0.1) is 11.2 Å². The normalized spacial score (nSPS) is 20.0. The third-order valence-corrected chi connectivity index (χ3v) is 4.60. The zero-order valence-corrected chi connectivity index (χ0v) is 13.2. The highest BCUT2D eigenvalue weighted by atomic mass is 15.3. The molecule has 0 amide bonds. The molecule has 114 valence electrons. The van der Waals surface area contributed by atoms with Crippen LogP contribution in [0.2, 0.25) is 0 Å². The number of hydrogen-bond donors (Lipinski definition) is 1. The highest BCUT2D eigenvalue weighted by Crippen LogP contribution is 2.21. The molecule has 3 rings (SSSR count). The Morgan fingerprint density at radius 2 is 2.14 bits per heavy atom. The van der Waals surface area contributed by atoms with Crippen molar-refractivity contribution in [3.8, 4) is 0 Å². The number of aryl methyl sites for hydroxylation is 1. The van der Waals surface area contributed by atoms with E-state index in [0.29, 0.717) is 6.04 Å². The van der Waals surface area contributed by atoms with Gasteiger partial charge in [0.25, 0.3) is 0 Å². The second-order valence-corrected chi connectivity index (χ2v) is 6.03. The Hall–Kier alpha value is -1.39. The van der Waals surface area contributed by atoms with Crippen LogP contribution in [0, 0.1) is 0 Å². The van der Waals surface area contributed by atoms with E-state index in [2.05, 4.69) is 53.1 Å². The molecule has 21 heavy (non-hydrogen) atoms. The number of rotatable bonds is 4. The molecule has 1 N–H and O–H groups in total. The number of benzene rings is 1. The van der Waals surface area contributed by atoms with Crippen LogP contribution in [0.3, 0.4) is 0 Å². The van der Waals surface area contributed by atoms with Crippen LogP contribution < -0.4 is 5.32 Å². The van der Waals surface area contributed by atoms with Gasteiger partial charge in [-0.3, -0.25) is 9.58 Å². The molecule has 1 aliphatic heterocycles. The lowest BCUT2D eigenvalue weighted by molar-refractivity contribution is 0.214. The lowest BCUT2D eigenvalue weighted by Crippen LogP contribution is -2.32. The molecular weight excluding hydrogens is 260 g/mol. The topological polar surface area (TPSA) is 33.1 Å². The van der Waals surface area contributed by atoms with E-state index in [1.165, 1.54) is 35.9 Å². The van der Waals surface area contributed by atoms with Crippen molar-refractivity contribution in [2.45, 2.75) is 45.3 Å². The Morgan fingerprint density at radius 3 is 3.00 bits per heavy atom. The summed E-state index contributed by atoms with van der Waals surface area (Å²) in [6.07, 6.45) is 3.80. The van der Waals surface area contributed by atoms with Crippen molar-refractivity contribution in [3.05, 3.63) is 30.0 Å². The molecule has 1 unspecified atom stereocenters. The molecule has 1 atom stereocenters. The minimum atomic E-state index is 0.672. The second kappa shape index (κ2) is 6.58. The van der Waals surface area contributed by atoms with E-state index in [0.717, 1.165) is 26.2 Å². The molecule has 1 fully saturated rings. The Labute approximate surface area is 127 Å². The quantitative estimate of drug-likeness (QED) is 0.938. The summed E-state index contributed by atoms with van der Waals surface area (Å²) < 4.78 is 2.12. The summed E-state index contributed by atoms with van der Waals surface area (Å²) in [6, 6.07) is 9.26. The van der Waals surface area contributed by atoms with E-state index in [-0.39, 0.29) is 0 Å². The third kappa shape index (κ3) is 3.11. The molecule has 1 aromatic carbocycles. The maximum atomic E-state index is 4.83. The number of nitrogens with one attached hydrogen (secondary N) is 1. The van der Waals surface area contributed by atoms with Gasteiger partial charge in [0, 0.05) is 24.5 Å². The molecule has 0 spiro atoms. The minimum Gasteiger partial charge on any atom is -0.317 e. The van der Waals surface area contributed by atoms with E-state index in [1.807, 2.05) is 0 Å². The van der Waals surface area contributed by atoms with E-state index in [1.54, 1.807) is 0 Å². The van der Waals surface area contributed by atoms with E-state index < -0.39 is 0 Å². The van der Waals surface area contributed by atoms with Gasteiger partial charge in [0.15, 0.2) is 0 Å². The van der Waals surface area contributed by atoms with E-state index in [9.17, 15) is 0 Å². The van der Waals surface area contributed by atoms with E-state index in [4.69, 9.17) is 5.10 Å². The minimum absolute atomic E-state index is 0.672. The summed E-state index contributed by atoms with van der Waals surface area (Å²) in [7, 11) is 2.25. The number of para-hydroxylation sites is 1. The fraction of sp³-hybridized carbons (Fsp3) is 0.588. The van der Waals surface area contributed by atoms with Crippen molar-refractivity contribution in [1.82, 2.24) is 20.0 Å². The Balaban J connectivity index is 1.80. The van der Waals surface area contributed by atoms with Crippen LogP contribution in [-0.2, 0) is 13.1 Å². The second-order valence-electron chi connectivity index (χ2n) is 6.03. The summed E-state index contributed by atoms with van der Waals surface area (Å²) in [5, 5.41) is 9.62. The van der Waals surface area contributed by atoms with Crippen molar-refractivity contribution >= 4 is 10.9 Å². The van der Waals surface area contributed by atoms with Crippen molar-refractivity contribution in [3.63, 3.8) is 0 Å². The fourth-order valence-electron chi connectivity index (χ4n) is 3.36. The summed E-state index contributed by atoms with van der Waals surface area (Å²) in [4.78, 5) is 2.49. The van der Waals surface area contributed by atoms with Gasteiger partial charge < -0.3 is 5.32 Å². The summed E-state index contributed by atoms with van der Waals surface area (Å²) in [6.45, 7) is 6.33. The summed E-state index contributed by atoms with van der Waals surface area (Å²) in [5.41, 5.74) is 2.47. The van der Waals surface area contributed by atoms with Crippen molar-refractivity contribution in [2.24, 2.45) is 0 Å². The first-order chi connectivity index (χ1) is 10.3. The number of aromatic nitrogens is 2. The van der Waals surface area contributed by atoms with Crippen molar-refractivity contribution in [1.29, 1.82) is 0 Å². The largest absolute Gasteiger partial charge is 0.317 e. The van der Waals surface area contributed by atoms with Crippen molar-refractivity contribution in [2.75, 3.05) is 20.1 Å². The molecule has 0 bridgehead atoms. The fourth-order valence-corrected chi connectivity index (χ4v) is 3.36. The van der Waals surface area contributed by atoms with E-state index >= 15 is 0 Å². The van der Waals surface area contributed by atoms with Gasteiger partial charge in [-0.2, -0.15) is 5.10 Å². The van der Waals surface area contributed by atoms with Crippen LogP contribution >= 0.6 is 0 Å². The number of fused-ring (bicyclic) bond motifs is 1. The molecular formula is C17H26N4. The average molecular weight is 286 g/mol. The van der Waals surface area contributed by atoms with Gasteiger partial charge in [0.1, 0.15) is 0 Å². The third-order valence-electron chi connectivity index (χ3n) is 4.60. The Bertz CT molecular complexity index is 581. The molecule has 4 nitrogen and oxygen atoms in total. The maximum absolute atomic E-state index is 4.83. The number of nitrogens with zero attached hydrogens (tertiary/aromatic N) is 3. The molecule has 0 radical (unpaired) electrons. The van der Waals surface area contributed by atoms with Gasteiger partial charge in [0.2, 0.25) is 0 Å². The Morgan fingerprint density at radius 1 is 1.29 bits per heavy atom. The zero-order valence-electron chi connectivity index (χ0n) is 13.2. The maximum Gasteiger partial charge on any atom is 0.0843 e. The van der Waals surface area contributed by atoms with Crippen molar-refractivity contribution < 1.29 is 0 Å². The predicted molar refractivity (Wildman–Crippen MR) is 87.4 cm³/mol. The van der Waals surface area contributed by atoms with Gasteiger partial charge in [-0.1, -0.05) is 18.2 Å². The predicted octanol–water partition coefficient (Wildman–Crippen LogP) is 2.63. The first-order valence-corrected chi connectivity index (χ1v) is 8.15. The molecule has 0 aliphatic carbocycles. The molecule has 1 aromatic heterocycles. The molecule has 0 saturated carbocycles. The molecule has 2 heterocycles. The monoisotopic (exact) mass is 286 g/mol. The molecule has 2 aromatic rings. The first-order valence-electron chi connectivity index (χ1n) is 8.15. The summed E-state index contributed by atoms with van der Waals surface area (Å²) in [5.74, 6) is 0. The lowest BCUT2D eigenvalue weighted by atomic mass is 10.1. The molecule has 1 aliphatic rings. The average Bonchev–Trinajstić information content (AvgIpc) is 2.69. The SMILES string of the molecule is CCn1nc(CN(C)C2CCCNCC2)c2ccccc21. The van der Waals surface area contributed by atoms with Crippen LogP contribution in [0.4, 0.5) is 0 Å². The van der Waals surface area contributed by atoms with Crippen LogP contribution in [-0.4, -0.2) is 40.9 Å². The first kappa shape index (κ1) is 14.5. The van der Waals surface area contributed by atoms with Gasteiger partial charge in [-0.15, -0.1) is 0 Å². The van der Waals surface area contributed by atoms with Crippen LogP contribution in [0.15, 0.2) is 24.3 Å². The highest BCUT2D eigenvalue weighted by molar-refractivity contribution is 5.81. The van der Waals surface area contributed by atoms with Crippen LogP contribution in [0.25, 0.3) is 10.9 Å². The van der Waals surface area contributed by atoms with Gasteiger partial charge in [-0.05, 0) is 52.4 Å². The van der Waals surface area contributed by atoms with Crippen LogP contribution in [0.5, 0.6) is 0 Å². The highest BCUT2D eigenvalue weighted by Gasteiger charge is 2.19.